The van der Waals surface area contributed by atoms with E-state index in [1.165, 1.54) is 0 Å². The first-order chi connectivity index (χ1) is 16.6. The quantitative estimate of drug-likeness (QED) is 0.599. The van der Waals surface area contributed by atoms with E-state index in [0.717, 1.165) is 54.8 Å². The Kier molecular flexibility index (Phi) is 5.38. The number of aromatic nitrogens is 2. The van der Waals surface area contributed by atoms with Gasteiger partial charge in [-0.2, -0.15) is 0 Å². The number of pyridine rings is 2. The van der Waals surface area contributed by atoms with Gasteiger partial charge in [0.2, 0.25) is 0 Å². The fourth-order valence-electron chi connectivity index (χ4n) is 5.54. The van der Waals surface area contributed by atoms with Crippen molar-refractivity contribution in [3.8, 4) is 5.75 Å². The van der Waals surface area contributed by atoms with Gasteiger partial charge in [0, 0.05) is 49.7 Å². The van der Waals surface area contributed by atoms with Gasteiger partial charge in [-0.1, -0.05) is 0 Å². The lowest BCUT2D eigenvalue weighted by Crippen LogP contribution is -2.44. The second-order valence-electron chi connectivity index (χ2n) is 9.44. The molecule has 5 heterocycles. The highest BCUT2D eigenvalue weighted by Crippen LogP contribution is 2.32. The van der Waals surface area contributed by atoms with E-state index in [1.54, 1.807) is 39.5 Å². The number of anilines is 1. The third kappa shape index (κ3) is 3.78. The molecule has 1 fully saturated rings. The van der Waals surface area contributed by atoms with E-state index in [1.807, 2.05) is 6.07 Å². The van der Waals surface area contributed by atoms with Crippen LogP contribution in [0.3, 0.4) is 0 Å². The van der Waals surface area contributed by atoms with E-state index >= 15 is 0 Å². The summed E-state index contributed by atoms with van der Waals surface area (Å²) in [6.07, 6.45) is 1.96. The van der Waals surface area contributed by atoms with Crippen LogP contribution in [0, 0.1) is 5.82 Å². The first-order valence-corrected chi connectivity index (χ1v) is 12.0. The molecule has 0 unspecified atom stereocenters. The molecular formula is C25H28FN5O3. The summed E-state index contributed by atoms with van der Waals surface area (Å²) in [4.78, 5) is 27.4. The van der Waals surface area contributed by atoms with Gasteiger partial charge in [-0.15, -0.1) is 0 Å². The van der Waals surface area contributed by atoms with Gasteiger partial charge in [-0.25, -0.2) is 4.39 Å². The highest BCUT2D eigenvalue weighted by Gasteiger charge is 2.29. The molecule has 0 aliphatic carbocycles. The molecule has 34 heavy (non-hydrogen) atoms. The molecule has 0 radical (unpaired) electrons. The lowest BCUT2D eigenvalue weighted by Gasteiger charge is -2.34. The number of fused-ring (bicyclic) bond motifs is 1. The van der Waals surface area contributed by atoms with Crippen molar-refractivity contribution in [2.24, 2.45) is 0 Å². The van der Waals surface area contributed by atoms with Gasteiger partial charge in [0.15, 0.2) is 11.6 Å². The average Bonchev–Trinajstić information content (AvgIpc) is 3.24. The highest BCUT2D eigenvalue weighted by atomic mass is 19.1. The molecule has 1 saturated heterocycles. The number of halogens is 1. The minimum atomic E-state index is -0.321. The van der Waals surface area contributed by atoms with Crippen molar-refractivity contribution in [3.05, 3.63) is 68.5 Å². The van der Waals surface area contributed by atoms with Crippen LogP contribution in [0.5, 0.6) is 5.75 Å². The van der Waals surface area contributed by atoms with Crippen molar-refractivity contribution < 1.29 is 9.13 Å². The predicted octanol–water partition coefficient (Wildman–Crippen LogP) is 1.92. The number of benzene rings is 1. The van der Waals surface area contributed by atoms with E-state index in [4.69, 9.17) is 4.74 Å². The summed E-state index contributed by atoms with van der Waals surface area (Å²) in [5, 5.41) is 7.69. The van der Waals surface area contributed by atoms with Gasteiger partial charge < -0.3 is 20.3 Å². The normalized spacial score (nSPS) is 20.2. The summed E-state index contributed by atoms with van der Waals surface area (Å²) in [7, 11) is 0. The second-order valence-corrected chi connectivity index (χ2v) is 9.44. The van der Waals surface area contributed by atoms with Gasteiger partial charge >= 0.3 is 0 Å². The SMILES string of the molecule is O=c1ccc2ccc(=O)n3c2n1C[C@H]3CN1CCC(NCc2cc(F)c3c(c2)NCCO3)CC1. The standard InChI is InChI=1S/C25H28FN5O3/c26-20-11-16(12-21-24(20)34-10-7-27-21)13-28-18-5-8-29(9-6-18)14-19-15-30-22(32)3-1-17-2-4-23(33)31(19)25(17)30/h1-4,11-12,18-19,27-28H,5-10,13-15H2/t19-/m1/s1. The van der Waals surface area contributed by atoms with Crippen molar-refractivity contribution in [2.75, 3.05) is 38.1 Å². The third-order valence-corrected chi connectivity index (χ3v) is 7.23. The number of ether oxygens (including phenoxy) is 1. The minimum absolute atomic E-state index is 0.0380. The third-order valence-electron chi connectivity index (χ3n) is 7.23. The van der Waals surface area contributed by atoms with Gasteiger partial charge in [0.25, 0.3) is 11.1 Å². The summed E-state index contributed by atoms with van der Waals surface area (Å²) in [5.41, 5.74) is 2.25. The highest BCUT2D eigenvalue weighted by molar-refractivity contribution is 5.76. The summed E-state index contributed by atoms with van der Waals surface area (Å²) in [6, 6.07) is 10.6. The first-order valence-electron chi connectivity index (χ1n) is 12.0. The van der Waals surface area contributed by atoms with Crippen LogP contribution >= 0.6 is 0 Å². The maximum atomic E-state index is 14.3. The number of hydrogen-bond donors (Lipinski definition) is 2. The Bertz CT molecular complexity index is 1350. The molecule has 6 rings (SSSR count). The predicted molar refractivity (Wildman–Crippen MR) is 128 cm³/mol. The molecular weight excluding hydrogens is 437 g/mol. The summed E-state index contributed by atoms with van der Waals surface area (Å²) < 4.78 is 23.3. The Labute approximate surface area is 195 Å². The molecule has 1 aromatic carbocycles. The van der Waals surface area contributed by atoms with Gasteiger partial charge in [0.05, 0.1) is 11.7 Å². The molecule has 0 amide bonds. The van der Waals surface area contributed by atoms with Crippen molar-refractivity contribution in [3.63, 3.8) is 0 Å². The van der Waals surface area contributed by atoms with E-state index in [0.29, 0.717) is 38.0 Å². The zero-order valence-corrected chi connectivity index (χ0v) is 18.9. The van der Waals surface area contributed by atoms with Crippen LogP contribution < -0.4 is 26.5 Å². The van der Waals surface area contributed by atoms with Gasteiger partial charge in [-0.05, 0) is 55.8 Å². The molecule has 0 bridgehead atoms. The Morgan fingerprint density at radius 3 is 2.71 bits per heavy atom. The molecule has 1 atom stereocenters. The van der Waals surface area contributed by atoms with Crippen LogP contribution in [0.25, 0.3) is 11.0 Å². The molecule has 2 aromatic heterocycles. The van der Waals surface area contributed by atoms with Crippen LogP contribution in [0.1, 0.15) is 24.4 Å². The van der Waals surface area contributed by atoms with E-state index in [-0.39, 0.29) is 23.0 Å². The average molecular weight is 466 g/mol. The van der Waals surface area contributed by atoms with Crippen LogP contribution in [-0.2, 0) is 13.1 Å². The number of likely N-dealkylation sites (tertiary alicyclic amines) is 1. The summed E-state index contributed by atoms with van der Waals surface area (Å²) in [6.45, 7) is 4.88. The molecule has 3 aromatic rings. The largest absolute Gasteiger partial charge is 0.486 e. The maximum Gasteiger partial charge on any atom is 0.252 e. The maximum absolute atomic E-state index is 14.3. The molecule has 0 spiro atoms. The zero-order chi connectivity index (χ0) is 23.2. The molecule has 3 aliphatic heterocycles. The van der Waals surface area contributed by atoms with Crippen LogP contribution in [0.15, 0.2) is 46.0 Å². The number of nitrogens with zero attached hydrogens (tertiary/aromatic N) is 3. The van der Waals surface area contributed by atoms with E-state index in [9.17, 15) is 14.0 Å². The Hall–Kier alpha value is -3.17. The monoisotopic (exact) mass is 465 g/mol. The molecule has 8 nitrogen and oxygen atoms in total. The van der Waals surface area contributed by atoms with Crippen molar-refractivity contribution in [1.82, 2.24) is 19.4 Å². The fourth-order valence-corrected chi connectivity index (χ4v) is 5.54. The van der Waals surface area contributed by atoms with E-state index < -0.39 is 0 Å². The summed E-state index contributed by atoms with van der Waals surface area (Å²) >= 11 is 0. The Balaban J connectivity index is 1.07. The molecule has 3 aliphatic rings. The molecule has 178 valence electrons. The lowest BCUT2D eigenvalue weighted by atomic mass is 10.0. The Morgan fingerprint density at radius 2 is 1.88 bits per heavy atom. The van der Waals surface area contributed by atoms with Crippen LogP contribution in [0.4, 0.5) is 10.1 Å². The van der Waals surface area contributed by atoms with Crippen molar-refractivity contribution in [2.45, 2.75) is 38.0 Å². The number of hydrogen-bond acceptors (Lipinski definition) is 6. The Morgan fingerprint density at radius 1 is 1.09 bits per heavy atom. The second kappa shape index (κ2) is 8.56. The number of piperidine rings is 1. The zero-order valence-electron chi connectivity index (χ0n) is 18.9. The van der Waals surface area contributed by atoms with Gasteiger partial charge in [0.1, 0.15) is 12.3 Å². The topological polar surface area (TPSA) is 80.5 Å². The van der Waals surface area contributed by atoms with E-state index in [2.05, 4.69) is 15.5 Å². The molecule has 2 N–H and O–H groups in total. The number of rotatable bonds is 5. The van der Waals surface area contributed by atoms with Crippen molar-refractivity contribution >= 4 is 16.7 Å². The fraction of sp³-hybridized carbons (Fsp3) is 0.440. The minimum Gasteiger partial charge on any atom is -0.486 e. The van der Waals surface area contributed by atoms with Crippen LogP contribution in [-0.4, -0.2) is 52.9 Å². The molecule has 0 saturated carbocycles. The number of nitrogens with one attached hydrogen (secondary N) is 2. The summed E-state index contributed by atoms with van der Waals surface area (Å²) in [5.74, 6) is -0.00678. The lowest BCUT2D eigenvalue weighted by molar-refractivity contribution is 0.171. The molecule has 9 heteroatoms. The van der Waals surface area contributed by atoms with Gasteiger partial charge in [-0.3, -0.25) is 18.7 Å². The smallest absolute Gasteiger partial charge is 0.252 e. The first kappa shape index (κ1) is 21.4. The van der Waals surface area contributed by atoms with Crippen molar-refractivity contribution in [1.29, 1.82) is 0 Å². The van der Waals surface area contributed by atoms with Crippen LogP contribution in [0.2, 0.25) is 0 Å².